The van der Waals surface area contributed by atoms with Gasteiger partial charge in [-0.25, -0.2) is 0 Å². The standard InChI is InChI=1S/C11H15NO3/c1-7(11(14)15)5-10(13)9-4-3-8(2)12-6-9/h3-4,6-7,10,13H,5H2,1-2H3,(H,14,15). The van der Waals surface area contributed by atoms with E-state index in [1.54, 1.807) is 25.3 Å². The molecule has 0 aromatic carbocycles. The molecule has 0 amide bonds. The van der Waals surface area contributed by atoms with Crippen LogP contribution in [0, 0.1) is 12.8 Å². The van der Waals surface area contributed by atoms with Crippen molar-refractivity contribution in [1.29, 1.82) is 0 Å². The summed E-state index contributed by atoms with van der Waals surface area (Å²) in [4.78, 5) is 14.6. The minimum atomic E-state index is -0.894. The zero-order valence-corrected chi connectivity index (χ0v) is 8.84. The van der Waals surface area contributed by atoms with Crippen LogP contribution < -0.4 is 0 Å². The maximum atomic E-state index is 10.6. The van der Waals surface area contributed by atoms with Gasteiger partial charge >= 0.3 is 5.97 Å². The van der Waals surface area contributed by atoms with Gasteiger partial charge in [0.05, 0.1) is 12.0 Å². The molecule has 4 nitrogen and oxygen atoms in total. The fourth-order valence-corrected chi connectivity index (χ4v) is 1.25. The number of hydrogen-bond donors (Lipinski definition) is 2. The summed E-state index contributed by atoms with van der Waals surface area (Å²) in [5.74, 6) is -1.45. The third-order valence-electron chi connectivity index (χ3n) is 2.32. The Kier molecular flexibility index (Phi) is 3.80. The highest BCUT2D eigenvalue weighted by Crippen LogP contribution is 2.20. The maximum Gasteiger partial charge on any atom is 0.306 e. The van der Waals surface area contributed by atoms with Gasteiger partial charge in [-0.2, -0.15) is 0 Å². The topological polar surface area (TPSA) is 70.4 Å². The molecule has 0 radical (unpaired) electrons. The normalized spacial score (nSPS) is 14.6. The molecular formula is C11H15NO3. The number of carboxylic acid groups (broad SMARTS) is 1. The Morgan fingerprint density at radius 3 is 2.67 bits per heavy atom. The molecular weight excluding hydrogens is 194 g/mol. The van der Waals surface area contributed by atoms with Gasteiger partial charge < -0.3 is 10.2 Å². The van der Waals surface area contributed by atoms with Crippen LogP contribution in [0.4, 0.5) is 0 Å². The van der Waals surface area contributed by atoms with Gasteiger partial charge in [-0.3, -0.25) is 9.78 Å². The van der Waals surface area contributed by atoms with Gasteiger partial charge in [0.2, 0.25) is 0 Å². The number of hydrogen-bond acceptors (Lipinski definition) is 3. The van der Waals surface area contributed by atoms with Crippen LogP contribution in [0.15, 0.2) is 18.3 Å². The number of nitrogens with zero attached hydrogens (tertiary/aromatic N) is 1. The van der Waals surface area contributed by atoms with Gasteiger partial charge in [0, 0.05) is 11.9 Å². The van der Waals surface area contributed by atoms with E-state index in [-0.39, 0.29) is 6.42 Å². The Hall–Kier alpha value is -1.42. The van der Waals surface area contributed by atoms with Crippen LogP contribution in [0.3, 0.4) is 0 Å². The van der Waals surface area contributed by atoms with Crippen LogP contribution >= 0.6 is 0 Å². The molecule has 2 unspecified atom stereocenters. The lowest BCUT2D eigenvalue weighted by Crippen LogP contribution is -2.13. The highest BCUT2D eigenvalue weighted by atomic mass is 16.4. The van der Waals surface area contributed by atoms with Crippen LogP contribution in [-0.2, 0) is 4.79 Å². The van der Waals surface area contributed by atoms with Crippen LogP contribution in [-0.4, -0.2) is 21.2 Å². The van der Waals surface area contributed by atoms with E-state index in [0.717, 1.165) is 5.69 Å². The Morgan fingerprint density at radius 1 is 1.53 bits per heavy atom. The van der Waals surface area contributed by atoms with Gasteiger partial charge in [0.15, 0.2) is 0 Å². The molecule has 0 saturated heterocycles. The molecule has 82 valence electrons. The number of aliphatic hydroxyl groups excluding tert-OH is 1. The first-order valence-electron chi connectivity index (χ1n) is 4.84. The highest BCUT2D eigenvalue weighted by molar-refractivity contribution is 5.69. The Morgan fingerprint density at radius 2 is 2.20 bits per heavy atom. The second-order valence-corrected chi connectivity index (χ2v) is 3.72. The highest BCUT2D eigenvalue weighted by Gasteiger charge is 2.17. The number of aromatic nitrogens is 1. The molecule has 2 atom stereocenters. The van der Waals surface area contributed by atoms with E-state index in [1.165, 1.54) is 0 Å². The summed E-state index contributed by atoms with van der Waals surface area (Å²) in [5.41, 5.74) is 1.53. The molecule has 1 heterocycles. The number of carbonyl (C=O) groups is 1. The van der Waals surface area contributed by atoms with Gasteiger partial charge in [0.25, 0.3) is 0 Å². The summed E-state index contributed by atoms with van der Waals surface area (Å²) < 4.78 is 0. The lowest BCUT2D eigenvalue weighted by molar-refractivity contribution is -0.142. The summed E-state index contributed by atoms with van der Waals surface area (Å²) in [6.45, 7) is 3.43. The quantitative estimate of drug-likeness (QED) is 0.789. The SMILES string of the molecule is Cc1ccc(C(O)CC(C)C(=O)O)cn1. The van der Waals surface area contributed by atoms with E-state index in [4.69, 9.17) is 5.11 Å². The molecule has 0 fully saturated rings. The molecule has 0 aliphatic carbocycles. The van der Waals surface area contributed by atoms with Crippen molar-refractivity contribution in [2.45, 2.75) is 26.4 Å². The molecule has 0 aliphatic heterocycles. The van der Waals surface area contributed by atoms with Crippen molar-refractivity contribution in [3.8, 4) is 0 Å². The fraction of sp³-hybridized carbons (Fsp3) is 0.455. The van der Waals surface area contributed by atoms with Gasteiger partial charge in [0.1, 0.15) is 0 Å². The van der Waals surface area contributed by atoms with E-state index in [0.29, 0.717) is 5.56 Å². The molecule has 0 spiro atoms. The fourth-order valence-electron chi connectivity index (χ4n) is 1.25. The predicted octanol–water partition coefficient (Wildman–Crippen LogP) is 1.53. The molecule has 2 N–H and O–H groups in total. The summed E-state index contributed by atoms with van der Waals surface area (Å²) in [7, 11) is 0. The molecule has 15 heavy (non-hydrogen) atoms. The van der Waals surface area contributed by atoms with E-state index in [1.807, 2.05) is 6.92 Å². The average Bonchev–Trinajstić information content (AvgIpc) is 2.18. The zero-order chi connectivity index (χ0) is 11.4. The molecule has 0 bridgehead atoms. The Labute approximate surface area is 88.6 Å². The minimum absolute atomic E-state index is 0.208. The Balaban J connectivity index is 2.64. The number of pyridine rings is 1. The van der Waals surface area contributed by atoms with Crippen molar-refractivity contribution in [3.63, 3.8) is 0 Å². The largest absolute Gasteiger partial charge is 0.481 e. The van der Waals surface area contributed by atoms with E-state index in [9.17, 15) is 9.90 Å². The lowest BCUT2D eigenvalue weighted by atomic mass is 9.99. The first-order chi connectivity index (χ1) is 7.00. The monoisotopic (exact) mass is 209 g/mol. The Bertz CT molecular complexity index is 334. The molecule has 1 rings (SSSR count). The van der Waals surface area contributed by atoms with Crippen molar-refractivity contribution in [2.24, 2.45) is 5.92 Å². The smallest absolute Gasteiger partial charge is 0.306 e. The first kappa shape index (κ1) is 11.7. The summed E-state index contributed by atoms with van der Waals surface area (Å²) in [6, 6.07) is 3.56. The van der Waals surface area contributed by atoms with Crippen LogP contribution in [0.25, 0.3) is 0 Å². The van der Waals surface area contributed by atoms with E-state index < -0.39 is 18.0 Å². The average molecular weight is 209 g/mol. The molecule has 1 aromatic heterocycles. The van der Waals surface area contributed by atoms with Gasteiger partial charge in [-0.15, -0.1) is 0 Å². The molecule has 0 aliphatic rings. The van der Waals surface area contributed by atoms with Gasteiger partial charge in [-0.1, -0.05) is 13.0 Å². The van der Waals surface area contributed by atoms with Crippen molar-refractivity contribution in [1.82, 2.24) is 4.98 Å². The summed E-state index contributed by atoms with van der Waals surface area (Å²) in [5, 5.41) is 18.4. The number of carboxylic acids is 1. The lowest BCUT2D eigenvalue weighted by Gasteiger charge is -2.13. The number of rotatable bonds is 4. The molecule has 4 heteroatoms. The molecule has 0 saturated carbocycles. The van der Waals surface area contributed by atoms with Gasteiger partial charge in [-0.05, 0) is 25.0 Å². The zero-order valence-electron chi connectivity index (χ0n) is 8.84. The third kappa shape index (κ3) is 3.32. The number of aliphatic carboxylic acids is 1. The molecule has 1 aromatic rings. The van der Waals surface area contributed by atoms with Crippen LogP contribution in [0.5, 0.6) is 0 Å². The number of aryl methyl sites for hydroxylation is 1. The maximum absolute atomic E-state index is 10.6. The second kappa shape index (κ2) is 4.89. The van der Waals surface area contributed by atoms with E-state index >= 15 is 0 Å². The summed E-state index contributed by atoms with van der Waals surface area (Å²) in [6.07, 6.45) is 1.03. The van der Waals surface area contributed by atoms with Crippen LogP contribution in [0.1, 0.15) is 30.7 Å². The predicted molar refractivity (Wildman–Crippen MR) is 55.4 cm³/mol. The number of aliphatic hydroxyl groups is 1. The second-order valence-electron chi connectivity index (χ2n) is 3.72. The van der Waals surface area contributed by atoms with Crippen molar-refractivity contribution >= 4 is 5.97 Å². The van der Waals surface area contributed by atoms with E-state index in [2.05, 4.69) is 4.98 Å². The van der Waals surface area contributed by atoms with Crippen molar-refractivity contribution in [2.75, 3.05) is 0 Å². The van der Waals surface area contributed by atoms with Crippen LogP contribution in [0.2, 0.25) is 0 Å². The third-order valence-corrected chi connectivity index (χ3v) is 2.32. The first-order valence-corrected chi connectivity index (χ1v) is 4.84. The summed E-state index contributed by atoms with van der Waals surface area (Å²) >= 11 is 0. The van der Waals surface area contributed by atoms with Crippen molar-refractivity contribution in [3.05, 3.63) is 29.6 Å². The van der Waals surface area contributed by atoms with Crippen molar-refractivity contribution < 1.29 is 15.0 Å². The minimum Gasteiger partial charge on any atom is -0.481 e.